The van der Waals surface area contributed by atoms with Gasteiger partial charge in [0.2, 0.25) is 5.91 Å². The molecule has 98 valence electrons. The molecular weight excluding hydrogens is 220 g/mol. The van der Waals surface area contributed by atoms with Crippen molar-refractivity contribution in [2.24, 2.45) is 5.92 Å². The SMILES string of the molecule is CC(C)C(C)NC(=O)CNC1(C(=O)O)CCC1. The van der Waals surface area contributed by atoms with Gasteiger partial charge in [0.05, 0.1) is 6.54 Å². The van der Waals surface area contributed by atoms with E-state index >= 15 is 0 Å². The molecule has 0 aromatic heterocycles. The lowest BCUT2D eigenvalue weighted by Gasteiger charge is -2.38. The summed E-state index contributed by atoms with van der Waals surface area (Å²) in [5.74, 6) is -0.622. The van der Waals surface area contributed by atoms with Crippen LogP contribution in [0.3, 0.4) is 0 Å². The van der Waals surface area contributed by atoms with Crippen molar-refractivity contribution < 1.29 is 14.7 Å². The molecule has 17 heavy (non-hydrogen) atoms. The summed E-state index contributed by atoms with van der Waals surface area (Å²) in [6, 6.07) is 0.103. The van der Waals surface area contributed by atoms with Crippen LogP contribution in [0, 0.1) is 5.92 Å². The van der Waals surface area contributed by atoms with E-state index in [9.17, 15) is 9.59 Å². The van der Waals surface area contributed by atoms with Gasteiger partial charge in [-0.25, -0.2) is 0 Å². The summed E-state index contributed by atoms with van der Waals surface area (Å²) in [6.07, 6.45) is 2.12. The summed E-state index contributed by atoms with van der Waals surface area (Å²) in [5.41, 5.74) is -0.863. The second-order valence-corrected chi connectivity index (χ2v) is 5.19. The number of rotatable bonds is 6. The number of aliphatic carboxylic acids is 1. The van der Waals surface area contributed by atoms with Gasteiger partial charge >= 0.3 is 5.97 Å². The molecule has 0 spiro atoms. The zero-order valence-corrected chi connectivity index (χ0v) is 10.7. The van der Waals surface area contributed by atoms with Gasteiger partial charge in [-0.1, -0.05) is 13.8 Å². The van der Waals surface area contributed by atoms with Crippen molar-refractivity contribution in [3.8, 4) is 0 Å². The molecule has 0 aromatic rings. The van der Waals surface area contributed by atoms with Gasteiger partial charge in [-0.15, -0.1) is 0 Å². The quantitative estimate of drug-likeness (QED) is 0.642. The minimum atomic E-state index is -0.863. The molecule has 0 bridgehead atoms. The highest BCUT2D eigenvalue weighted by Gasteiger charge is 2.44. The second-order valence-electron chi connectivity index (χ2n) is 5.19. The Bertz CT molecular complexity index is 298. The molecule has 1 unspecified atom stereocenters. The Kier molecular flexibility index (Phi) is 4.51. The normalized spacial score (nSPS) is 19.5. The van der Waals surface area contributed by atoms with Crippen LogP contribution < -0.4 is 10.6 Å². The summed E-state index contributed by atoms with van der Waals surface area (Å²) >= 11 is 0. The lowest BCUT2D eigenvalue weighted by Crippen LogP contribution is -2.59. The Morgan fingerprint density at radius 1 is 1.29 bits per heavy atom. The standard InChI is InChI=1S/C12H22N2O3/c1-8(2)9(3)14-10(15)7-13-12(11(16)17)5-4-6-12/h8-9,13H,4-7H2,1-3H3,(H,14,15)(H,16,17). The molecular formula is C12H22N2O3. The van der Waals surface area contributed by atoms with E-state index in [1.807, 2.05) is 20.8 Å². The minimum Gasteiger partial charge on any atom is -0.480 e. The molecule has 1 aliphatic rings. The number of carbonyl (C=O) groups excluding carboxylic acids is 1. The Morgan fingerprint density at radius 2 is 1.88 bits per heavy atom. The van der Waals surface area contributed by atoms with Crippen molar-refractivity contribution in [1.29, 1.82) is 0 Å². The van der Waals surface area contributed by atoms with E-state index in [-0.39, 0.29) is 18.5 Å². The molecule has 1 atom stereocenters. The maximum absolute atomic E-state index is 11.6. The molecule has 0 aromatic carbocycles. The zero-order chi connectivity index (χ0) is 13.1. The van der Waals surface area contributed by atoms with Crippen molar-refractivity contribution >= 4 is 11.9 Å². The Labute approximate surface area is 102 Å². The molecule has 0 saturated heterocycles. The number of carbonyl (C=O) groups is 2. The number of amides is 1. The van der Waals surface area contributed by atoms with Crippen LogP contribution in [0.4, 0.5) is 0 Å². The first-order valence-electron chi connectivity index (χ1n) is 6.15. The van der Waals surface area contributed by atoms with Crippen LogP contribution in [-0.4, -0.2) is 35.1 Å². The van der Waals surface area contributed by atoms with Gasteiger partial charge in [-0.2, -0.15) is 0 Å². The van der Waals surface area contributed by atoms with Gasteiger partial charge in [0.15, 0.2) is 0 Å². The van der Waals surface area contributed by atoms with Crippen LogP contribution in [-0.2, 0) is 9.59 Å². The van der Waals surface area contributed by atoms with Crippen LogP contribution in [0.15, 0.2) is 0 Å². The monoisotopic (exact) mass is 242 g/mol. The van der Waals surface area contributed by atoms with Crippen LogP contribution in [0.2, 0.25) is 0 Å². The lowest BCUT2D eigenvalue weighted by atomic mass is 9.77. The molecule has 1 fully saturated rings. The summed E-state index contributed by atoms with van der Waals surface area (Å²) in [7, 11) is 0. The smallest absolute Gasteiger partial charge is 0.323 e. The first-order valence-corrected chi connectivity index (χ1v) is 6.15. The molecule has 5 nitrogen and oxygen atoms in total. The fourth-order valence-electron chi connectivity index (χ4n) is 1.72. The van der Waals surface area contributed by atoms with Crippen molar-refractivity contribution in [1.82, 2.24) is 10.6 Å². The van der Waals surface area contributed by atoms with E-state index in [1.165, 1.54) is 0 Å². The van der Waals surface area contributed by atoms with Gasteiger partial charge in [0, 0.05) is 6.04 Å². The minimum absolute atomic E-state index is 0.0728. The van der Waals surface area contributed by atoms with Crippen LogP contribution in [0.5, 0.6) is 0 Å². The number of nitrogens with one attached hydrogen (secondary N) is 2. The third-order valence-corrected chi connectivity index (χ3v) is 3.59. The van der Waals surface area contributed by atoms with Crippen molar-refractivity contribution in [2.75, 3.05) is 6.54 Å². The van der Waals surface area contributed by atoms with E-state index in [1.54, 1.807) is 0 Å². The summed E-state index contributed by atoms with van der Waals surface area (Å²) < 4.78 is 0. The predicted octanol–water partition coefficient (Wildman–Crippen LogP) is 0.744. The average molecular weight is 242 g/mol. The summed E-state index contributed by atoms with van der Waals surface area (Å²) in [4.78, 5) is 22.7. The Hall–Kier alpha value is -1.10. The molecule has 1 rings (SSSR count). The topological polar surface area (TPSA) is 78.4 Å². The third kappa shape index (κ3) is 3.43. The average Bonchev–Trinajstić information content (AvgIpc) is 2.14. The molecule has 5 heteroatoms. The van der Waals surface area contributed by atoms with E-state index in [2.05, 4.69) is 10.6 Å². The highest BCUT2D eigenvalue weighted by atomic mass is 16.4. The number of carboxylic acid groups (broad SMARTS) is 1. The highest BCUT2D eigenvalue weighted by Crippen LogP contribution is 2.31. The largest absolute Gasteiger partial charge is 0.480 e. The molecule has 0 heterocycles. The second kappa shape index (κ2) is 5.49. The van der Waals surface area contributed by atoms with Crippen molar-refractivity contribution in [2.45, 2.75) is 51.6 Å². The van der Waals surface area contributed by atoms with Crippen LogP contribution >= 0.6 is 0 Å². The van der Waals surface area contributed by atoms with E-state index in [0.717, 1.165) is 6.42 Å². The fourth-order valence-corrected chi connectivity index (χ4v) is 1.72. The van der Waals surface area contributed by atoms with E-state index in [4.69, 9.17) is 5.11 Å². The molecule has 1 aliphatic carbocycles. The third-order valence-electron chi connectivity index (χ3n) is 3.59. The molecule has 0 radical (unpaired) electrons. The van der Waals surface area contributed by atoms with Crippen molar-refractivity contribution in [3.05, 3.63) is 0 Å². The first kappa shape index (κ1) is 14.0. The zero-order valence-electron chi connectivity index (χ0n) is 10.7. The van der Waals surface area contributed by atoms with Gasteiger partial charge in [-0.05, 0) is 32.1 Å². The molecule has 1 amide bonds. The Balaban J connectivity index is 2.35. The number of hydrogen-bond donors (Lipinski definition) is 3. The number of hydrogen-bond acceptors (Lipinski definition) is 3. The molecule has 1 saturated carbocycles. The Morgan fingerprint density at radius 3 is 2.24 bits per heavy atom. The molecule has 0 aliphatic heterocycles. The maximum atomic E-state index is 11.6. The van der Waals surface area contributed by atoms with Gasteiger partial charge in [0.1, 0.15) is 5.54 Å². The molecule has 3 N–H and O–H groups in total. The van der Waals surface area contributed by atoms with Gasteiger partial charge < -0.3 is 10.4 Å². The summed E-state index contributed by atoms with van der Waals surface area (Å²) in [5, 5.41) is 14.8. The van der Waals surface area contributed by atoms with Gasteiger partial charge in [-0.3, -0.25) is 14.9 Å². The predicted molar refractivity (Wildman–Crippen MR) is 64.7 cm³/mol. The van der Waals surface area contributed by atoms with Crippen molar-refractivity contribution in [3.63, 3.8) is 0 Å². The first-order chi connectivity index (χ1) is 7.87. The lowest BCUT2D eigenvalue weighted by molar-refractivity contribution is -0.149. The van der Waals surface area contributed by atoms with Gasteiger partial charge in [0.25, 0.3) is 0 Å². The van der Waals surface area contributed by atoms with Crippen LogP contribution in [0.1, 0.15) is 40.0 Å². The highest BCUT2D eigenvalue weighted by molar-refractivity contribution is 5.83. The van der Waals surface area contributed by atoms with Crippen LogP contribution in [0.25, 0.3) is 0 Å². The maximum Gasteiger partial charge on any atom is 0.323 e. The fraction of sp³-hybridized carbons (Fsp3) is 0.833. The van der Waals surface area contributed by atoms with E-state index < -0.39 is 11.5 Å². The van der Waals surface area contributed by atoms with E-state index in [0.29, 0.717) is 18.8 Å². The number of carboxylic acids is 1. The summed E-state index contributed by atoms with van der Waals surface area (Å²) in [6.45, 7) is 6.08.